The first kappa shape index (κ1) is 21.7. The monoisotopic (exact) mass is 474 g/mol. The number of ether oxygens (including phenoxy) is 1. The third kappa shape index (κ3) is 4.28. The van der Waals surface area contributed by atoms with Crippen molar-refractivity contribution in [1.82, 2.24) is 20.4 Å². The number of morpholine rings is 1. The Labute approximate surface area is 192 Å². The van der Waals surface area contributed by atoms with Gasteiger partial charge in [-0.3, -0.25) is 5.32 Å². The lowest BCUT2D eigenvalue weighted by Crippen LogP contribution is -2.51. The van der Waals surface area contributed by atoms with E-state index in [1.165, 1.54) is 23.5 Å². The maximum atomic E-state index is 13.2. The summed E-state index contributed by atoms with van der Waals surface area (Å²) in [6.45, 7) is 4.17. The van der Waals surface area contributed by atoms with E-state index in [0.29, 0.717) is 42.2 Å². The van der Waals surface area contributed by atoms with Gasteiger partial charge in [0.05, 0.1) is 48.0 Å². The largest absolute Gasteiger partial charge is 0.394 e. The van der Waals surface area contributed by atoms with Gasteiger partial charge in [0.2, 0.25) is 5.82 Å². The molecule has 33 heavy (non-hydrogen) atoms. The zero-order valence-electron chi connectivity index (χ0n) is 18.0. The normalized spacial score (nSPS) is 19.8. The van der Waals surface area contributed by atoms with Crippen LogP contribution in [0.4, 0.5) is 20.3 Å². The number of carbonyl (C=O) groups excluding carboxylic acids is 1. The number of amides is 2. The SMILES string of the molecule is CC(C)(CO)NC(=O)Nc1nc2c(s1)[C@@H]1COC[C@H](C2)N1c1nc(-c2ccc(F)cc2)no1. The molecule has 2 atom stereocenters. The van der Waals surface area contributed by atoms with Crippen LogP contribution in [0.1, 0.15) is 30.5 Å². The zero-order chi connectivity index (χ0) is 23.2. The highest BCUT2D eigenvalue weighted by atomic mass is 32.1. The van der Waals surface area contributed by atoms with Crippen LogP contribution in [0.3, 0.4) is 0 Å². The van der Waals surface area contributed by atoms with Crippen molar-refractivity contribution in [3.8, 4) is 11.4 Å². The lowest BCUT2D eigenvalue weighted by atomic mass is 9.97. The molecule has 10 nitrogen and oxygen atoms in total. The van der Waals surface area contributed by atoms with E-state index in [1.54, 1.807) is 26.0 Å². The lowest BCUT2D eigenvalue weighted by molar-refractivity contribution is 0.0570. The van der Waals surface area contributed by atoms with Crippen LogP contribution < -0.4 is 15.5 Å². The van der Waals surface area contributed by atoms with Crippen molar-refractivity contribution in [2.45, 2.75) is 37.9 Å². The number of nitrogens with one attached hydrogen (secondary N) is 2. The van der Waals surface area contributed by atoms with E-state index in [1.807, 2.05) is 4.90 Å². The minimum atomic E-state index is -0.748. The van der Waals surface area contributed by atoms with Crippen molar-refractivity contribution >= 4 is 28.5 Å². The first-order valence-electron chi connectivity index (χ1n) is 10.5. The quantitative estimate of drug-likeness (QED) is 0.515. The van der Waals surface area contributed by atoms with Gasteiger partial charge in [-0.25, -0.2) is 14.2 Å². The predicted octanol–water partition coefficient (Wildman–Crippen LogP) is 2.73. The second kappa shape index (κ2) is 8.36. The van der Waals surface area contributed by atoms with Crippen LogP contribution >= 0.6 is 11.3 Å². The summed E-state index contributed by atoms with van der Waals surface area (Å²) < 4.78 is 24.6. The van der Waals surface area contributed by atoms with Crippen LogP contribution in [0.25, 0.3) is 11.4 Å². The van der Waals surface area contributed by atoms with Crippen molar-refractivity contribution < 1.29 is 23.6 Å². The minimum absolute atomic E-state index is 0.0464. The van der Waals surface area contributed by atoms with Gasteiger partial charge >= 0.3 is 12.0 Å². The fourth-order valence-electron chi connectivity index (χ4n) is 3.94. The Morgan fingerprint density at radius 1 is 1.30 bits per heavy atom. The van der Waals surface area contributed by atoms with E-state index in [-0.39, 0.29) is 24.5 Å². The maximum absolute atomic E-state index is 13.2. The lowest BCUT2D eigenvalue weighted by Gasteiger charge is -2.43. The van der Waals surface area contributed by atoms with Crippen molar-refractivity contribution in [2.24, 2.45) is 0 Å². The topological polar surface area (TPSA) is 126 Å². The van der Waals surface area contributed by atoms with Crippen LogP contribution in [-0.4, -0.2) is 57.7 Å². The highest BCUT2D eigenvalue weighted by Crippen LogP contribution is 2.43. The molecule has 1 fully saturated rings. The highest BCUT2D eigenvalue weighted by molar-refractivity contribution is 7.16. The van der Waals surface area contributed by atoms with Crippen LogP contribution in [0.15, 0.2) is 28.8 Å². The van der Waals surface area contributed by atoms with E-state index < -0.39 is 11.6 Å². The van der Waals surface area contributed by atoms with Gasteiger partial charge in [-0.05, 0) is 38.1 Å². The average molecular weight is 475 g/mol. The summed E-state index contributed by atoms with van der Waals surface area (Å²) in [7, 11) is 0. The molecule has 0 spiro atoms. The Morgan fingerprint density at radius 3 is 2.85 bits per heavy atom. The number of thiazole rings is 1. The summed E-state index contributed by atoms with van der Waals surface area (Å²) in [6, 6.07) is 5.61. The summed E-state index contributed by atoms with van der Waals surface area (Å²) in [5.41, 5.74) is 0.818. The van der Waals surface area contributed by atoms with Gasteiger partial charge in [0.15, 0.2) is 5.13 Å². The van der Waals surface area contributed by atoms with E-state index in [2.05, 4.69) is 25.8 Å². The predicted molar refractivity (Wildman–Crippen MR) is 119 cm³/mol. The average Bonchev–Trinajstić information content (AvgIpc) is 3.40. The number of rotatable bonds is 5. The molecule has 2 aliphatic rings. The molecule has 5 rings (SSSR count). The maximum Gasteiger partial charge on any atom is 0.325 e. The molecular formula is C21H23FN6O4S. The van der Waals surface area contributed by atoms with Crippen LogP contribution in [0, 0.1) is 5.82 Å². The molecule has 0 radical (unpaired) electrons. The van der Waals surface area contributed by atoms with Crippen LogP contribution in [0.2, 0.25) is 0 Å². The molecule has 1 saturated heterocycles. The molecule has 174 valence electrons. The number of carbonyl (C=O) groups is 1. The number of hydrogen-bond donors (Lipinski definition) is 3. The number of urea groups is 1. The number of anilines is 2. The summed E-state index contributed by atoms with van der Waals surface area (Å²) in [4.78, 5) is 24.5. The first-order chi connectivity index (χ1) is 15.8. The number of aliphatic hydroxyl groups is 1. The zero-order valence-corrected chi connectivity index (χ0v) is 18.9. The molecule has 2 aliphatic heterocycles. The van der Waals surface area contributed by atoms with Crippen LogP contribution in [-0.2, 0) is 11.2 Å². The fourth-order valence-corrected chi connectivity index (χ4v) is 5.01. The number of fused-ring (bicyclic) bond motifs is 4. The summed E-state index contributed by atoms with van der Waals surface area (Å²) in [5.74, 6) is 0.0468. The third-order valence-corrected chi connectivity index (χ3v) is 6.69. The Morgan fingerprint density at radius 2 is 2.09 bits per heavy atom. The number of aromatic nitrogens is 3. The number of benzene rings is 1. The second-order valence-corrected chi connectivity index (χ2v) is 9.71. The number of hydrogen-bond acceptors (Lipinski definition) is 9. The van der Waals surface area contributed by atoms with E-state index in [0.717, 1.165) is 10.6 Å². The summed E-state index contributed by atoms with van der Waals surface area (Å²) >= 11 is 1.37. The van der Waals surface area contributed by atoms with E-state index in [9.17, 15) is 14.3 Å². The molecule has 0 aliphatic carbocycles. The molecule has 1 aromatic carbocycles. The second-order valence-electron chi connectivity index (χ2n) is 8.68. The number of aliphatic hydroxyl groups excluding tert-OH is 1. The molecule has 4 heterocycles. The highest BCUT2D eigenvalue weighted by Gasteiger charge is 2.43. The molecule has 3 N–H and O–H groups in total. The standard InChI is InChI=1S/C21H23FN6O4S/c1-21(2,10-29)26-18(30)25-19-23-14-7-13-8-31-9-15(16(14)33-19)28(13)20-24-17(27-32-20)11-3-5-12(22)6-4-11/h3-6,13,15,29H,7-10H2,1-2H3,(H2,23,25,26,30)/t13-,15-/m0/s1. The molecule has 2 bridgehead atoms. The van der Waals surface area contributed by atoms with Gasteiger partial charge in [0.25, 0.3) is 0 Å². The molecule has 0 saturated carbocycles. The summed E-state index contributed by atoms with van der Waals surface area (Å²) in [6.07, 6.45) is 0.599. The Kier molecular flexibility index (Phi) is 5.51. The van der Waals surface area contributed by atoms with Crippen molar-refractivity contribution in [2.75, 3.05) is 30.0 Å². The van der Waals surface area contributed by atoms with Gasteiger partial charge in [0, 0.05) is 12.0 Å². The van der Waals surface area contributed by atoms with E-state index in [4.69, 9.17) is 9.26 Å². The Hall–Kier alpha value is -3.09. The molecule has 0 unspecified atom stereocenters. The number of nitrogens with zero attached hydrogens (tertiary/aromatic N) is 4. The van der Waals surface area contributed by atoms with E-state index >= 15 is 0 Å². The van der Waals surface area contributed by atoms with Gasteiger partial charge in [-0.15, -0.1) is 0 Å². The smallest absolute Gasteiger partial charge is 0.325 e. The fraction of sp³-hybridized carbons (Fsp3) is 0.429. The van der Waals surface area contributed by atoms with Gasteiger partial charge < -0.3 is 24.6 Å². The van der Waals surface area contributed by atoms with Crippen molar-refractivity contribution in [3.63, 3.8) is 0 Å². The van der Waals surface area contributed by atoms with Crippen molar-refractivity contribution in [3.05, 3.63) is 40.7 Å². The van der Waals surface area contributed by atoms with Gasteiger partial charge in [0.1, 0.15) is 5.82 Å². The minimum Gasteiger partial charge on any atom is -0.394 e. The molecule has 12 heteroatoms. The van der Waals surface area contributed by atoms with Crippen molar-refractivity contribution in [1.29, 1.82) is 0 Å². The number of halogens is 1. The summed E-state index contributed by atoms with van der Waals surface area (Å²) in [5, 5.41) is 19.4. The van der Waals surface area contributed by atoms with Gasteiger partial charge in [-0.1, -0.05) is 16.5 Å². The first-order valence-corrected chi connectivity index (χ1v) is 11.3. The Balaban J connectivity index is 1.38. The molecular weight excluding hydrogens is 451 g/mol. The molecule has 2 aromatic heterocycles. The Bertz CT molecular complexity index is 1160. The molecule has 2 amide bonds. The van der Waals surface area contributed by atoms with Crippen LogP contribution in [0.5, 0.6) is 0 Å². The third-order valence-electron chi connectivity index (χ3n) is 5.58. The van der Waals surface area contributed by atoms with Gasteiger partial charge in [-0.2, -0.15) is 4.98 Å². The molecule has 3 aromatic rings.